The number of hydrogen-bond donors (Lipinski definition) is 0. The van der Waals surface area contributed by atoms with Gasteiger partial charge >= 0.3 is 0 Å². The zero-order chi connectivity index (χ0) is 19.9. The topological polar surface area (TPSA) is 45.9 Å². The van der Waals surface area contributed by atoms with Gasteiger partial charge in [-0.1, -0.05) is 18.2 Å². The summed E-state index contributed by atoms with van der Waals surface area (Å²) in [6.07, 6.45) is 1.62. The van der Waals surface area contributed by atoms with E-state index >= 15 is 0 Å². The van der Waals surface area contributed by atoms with Gasteiger partial charge in [-0.25, -0.2) is 0 Å². The molecule has 3 rings (SSSR count). The Morgan fingerprint density at radius 2 is 1.79 bits per heavy atom. The minimum absolute atomic E-state index is 0.0605. The van der Waals surface area contributed by atoms with Crippen molar-refractivity contribution in [2.45, 2.75) is 20.0 Å². The van der Waals surface area contributed by atoms with Crippen LogP contribution in [0.15, 0.2) is 71.3 Å². The highest BCUT2D eigenvalue weighted by atomic mass is 16.5. The van der Waals surface area contributed by atoms with Crippen LogP contribution in [0, 0.1) is 0 Å². The number of furan rings is 1. The van der Waals surface area contributed by atoms with Crippen LogP contribution < -0.4 is 9.64 Å². The van der Waals surface area contributed by atoms with E-state index in [-0.39, 0.29) is 5.91 Å². The number of nitrogens with zero attached hydrogens (tertiary/aromatic N) is 2. The molecule has 0 spiro atoms. The lowest BCUT2D eigenvalue weighted by Crippen LogP contribution is -2.30. The minimum atomic E-state index is -0.0605. The maximum Gasteiger partial charge on any atom is 0.254 e. The summed E-state index contributed by atoms with van der Waals surface area (Å²) in [6.45, 7) is 3.38. The van der Waals surface area contributed by atoms with Gasteiger partial charge in [-0.2, -0.15) is 0 Å². The molecule has 0 aliphatic heterocycles. The Balaban J connectivity index is 1.83. The second-order valence-electron chi connectivity index (χ2n) is 6.76. The molecule has 5 nitrogen and oxygen atoms in total. The molecule has 0 aliphatic carbocycles. The fraction of sp³-hybridized carbons (Fsp3) is 0.261. The fourth-order valence-electron chi connectivity index (χ4n) is 2.98. The zero-order valence-corrected chi connectivity index (χ0v) is 16.6. The van der Waals surface area contributed by atoms with E-state index < -0.39 is 0 Å². The number of rotatable bonds is 8. The van der Waals surface area contributed by atoms with Crippen LogP contribution in [0.1, 0.15) is 28.6 Å². The lowest BCUT2D eigenvalue weighted by molar-refractivity contribution is 0.0717. The Hall–Kier alpha value is -3.21. The van der Waals surface area contributed by atoms with Crippen molar-refractivity contribution in [2.24, 2.45) is 0 Å². The van der Waals surface area contributed by atoms with Crippen molar-refractivity contribution in [3.05, 3.63) is 83.8 Å². The van der Waals surface area contributed by atoms with Crippen molar-refractivity contribution in [1.29, 1.82) is 0 Å². The molecular formula is C23H26N2O3. The molecule has 0 aliphatic rings. The predicted octanol–water partition coefficient (Wildman–Crippen LogP) is 4.59. The largest absolute Gasteiger partial charge is 0.494 e. The second kappa shape index (κ2) is 9.13. The molecule has 0 saturated carbocycles. The van der Waals surface area contributed by atoms with Crippen molar-refractivity contribution >= 4 is 11.6 Å². The van der Waals surface area contributed by atoms with Crippen molar-refractivity contribution in [3.8, 4) is 5.75 Å². The Morgan fingerprint density at radius 3 is 2.43 bits per heavy atom. The molecule has 0 radical (unpaired) electrons. The number of amides is 1. The van der Waals surface area contributed by atoms with Gasteiger partial charge in [0.25, 0.3) is 5.91 Å². The number of carbonyl (C=O) groups excluding carboxylic acids is 1. The van der Waals surface area contributed by atoms with Crippen molar-refractivity contribution in [1.82, 2.24) is 4.90 Å². The molecule has 0 saturated heterocycles. The van der Waals surface area contributed by atoms with Crippen LogP contribution in [0.2, 0.25) is 0 Å². The third kappa shape index (κ3) is 4.94. The number of benzene rings is 2. The summed E-state index contributed by atoms with van der Waals surface area (Å²) in [7, 11) is 4.01. The van der Waals surface area contributed by atoms with Crippen LogP contribution in [0.3, 0.4) is 0 Å². The molecule has 0 atom stereocenters. The summed E-state index contributed by atoms with van der Waals surface area (Å²) in [4.78, 5) is 17.1. The average molecular weight is 378 g/mol. The number of hydrogen-bond acceptors (Lipinski definition) is 4. The molecule has 0 N–H and O–H groups in total. The summed E-state index contributed by atoms with van der Waals surface area (Å²) in [5, 5.41) is 0. The molecule has 1 aromatic heterocycles. The van der Waals surface area contributed by atoms with E-state index in [1.54, 1.807) is 17.2 Å². The Bertz CT molecular complexity index is 886. The molecule has 0 unspecified atom stereocenters. The highest BCUT2D eigenvalue weighted by molar-refractivity contribution is 5.94. The van der Waals surface area contributed by atoms with Gasteiger partial charge in [0.2, 0.25) is 0 Å². The summed E-state index contributed by atoms with van der Waals surface area (Å²) < 4.78 is 11.0. The first kappa shape index (κ1) is 19.5. The Kier molecular flexibility index (Phi) is 6.37. The molecular weight excluding hydrogens is 352 g/mol. The standard InChI is InChI=1S/C23H26N2O3/c1-4-27-21-8-5-7-19(15-21)23(26)25(17-22-9-6-14-28-22)16-18-10-12-20(13-11-18)24(2)3/h5-15H,4,16-17H2,1-3H3. The van der Waals surface area contributed by atoms with Crippen LogP contribution in [-0.2, 0) is 13.1 Å². The van der Waals surface area contributed by atoms with E-state index in [1.807, 2.05) is 63.5 Å². The molecule has 1 heterocycles. The first-order chi connectivity index (χ1) is 13.6. The molecule has 5 heteroatoms. The Morgan fingerprint density at radius 1 is 1.00 bits per heavy atom. The lowest BCUT2D eigenvalue weighted by atomic mass is 10.1. The van der Waals surface area contributed by atoms with Gasteiger partial charge < -0.3 is 19.0 Å². The molecule has 0 fully saturated rings. The molecule has 1 amide bonds. The maximum absolute atomic E-state index is 13.2. The van der Waals surface area contributed by atoms with Crippen LogP contribution in [0.5, 0.6) is 5.75 Å². The molecule has 0 bridgehead atoms. The van der Waals surface area contributed by atoms with Gasteiger partial charge in [-0.3, -0.25) is 4.79 Å². The van der Waals surface area contributed by atoms with Crippen LogP contribution >= 0.6 is 0 Å². The molecule has 3 aromatic rings. The van der Waals surface area contributed by atoms with Gasteiger partial charge in [0, 0.05) is 31.9 Å². The van der Waals surface area contributed by atoms with E-state index in [0.717, 1.165) is 17.0 Å². The molecule has 28 heavy (non-hydrogen) atoms. The number of carbonyl (C=O) groups is 1. The third-order valence-corrected chi connectivity index (χ3v) is 4.43. The van der Waals surface area contributed by atoms with Gasteiger partial charge in [0.05, 0.1) is 19.4 Å². The Labute approximate surface area is 166 Å². The smallest absolute Gasteiger partial charge is 0.254 e. The second-order valence-corrected chi connectivity index (χ2v) is 6.76. The van der Waals surface area contributed by atoms with Gasteiger partial charge in [0.1, 0.15) is 11.5 Å². The molecule has 146 valence electrons. The highest BCUT2D eigenvalue weighted by Gasteiger charge is 2.18. The summed E-state index contributed by atoms with van der Waals surface area (Å²) in [5.41, 5.74) is 2.78. The monoisotopic (exact) mass is 378 g/mol. The third-order valence-electron chi connectivity index (χ3n) is 4.43. The SMILES string of the molecule is CCOc1cccc(C(=O)N(Cc2ccc(N(C)C)cc2)Cc2ccco2)c1. The minimum Gasteiger partial charge on any atom is -0.494 e. The van der Waals surface area contributed by atoms with E-state index in [0.29, 0.717) is 31.0 Å². The normalized spacial score (nSPS) is 10.5. The summed E-state index contributed by atoms with van der Waals surface area (Å²) >= 11 is 0. The number of ether oxygens (including phenoxy) is 1. The lowest BCUT2D eigenvalue weighted by Gasteiger charge is -2.23. The van der Waals surface area contributed by atoms with E-state index in [9.17, 15) is 4.79 Å². The first-order valence-electron chi connectivity index (χ1n) is 9.37. The van der Waals surface area contributed by atoms with Crippen LogP contribution in [-0.4, -0.2) is 31.5 Å². The van der Waals surface area contributed by atoms with Crippen molar-refractivity contribution in [3.63, 3.8) is 0 Å². The number of anilines is 1. The van der Waals surface area contributed by atoms with E-state index in [2.05, 4.69) is 17.0 Å². The van der Waals surface area contributed by atoms with Crippen molar-refractivity contribution in [2.75, 3.05) is 25.6 Å². The first-order valence-corrected chi connectivity index (χ1v) is 9.37. The van der Waals surface area contributed by atoms with Gasteiger partial charge in [0.15, 0.2) is 0 Å². The quantitative estimate of drug-likeness (QED) is 0.575. The maximum atomic E-state index is 13.2. The van der Waals surface area contributed by atoms with E-state index in [4.69, 9.17) is 9.15 Å². The zero-order valence-electron chi connectivity index (χ0n) is 16.6. The van der Waals surface area contributed by atoms with Crippen LogP contribution in [0.25, 0.3) is 0 Å². The van der Waals surface area contributed by atoms with E-state index in [1.165, 1.54) is 0 Å². The van der Waals surface area contributed by atoms with Gasteiger partial charge in [-0.15, -0.1) is 0 Å². The predicted molar refractivity (Wildman–Crippen MR) is 111 cm³/mol. The van der Waals surface area contributed by atoms with Crippen LogP contribution in [0.4, 0.5) is 5.69 Å². The average Bonchev–Trinajstić information content (AvgIpc) is 3.21. The molecule has 2 aromatic carbocycles. The highest BCUT2D eigenvalue weighted by Crippen LogP contribution is 2.20. The van der Waals surface area contributed by atoms with Gasteiger partial charge in [-0.05, 0) is 55.0 Å². The summed E-state index contributed by atoms with van der Waals surface area (Å²) in [5.74, 6) is 1.38. The van der Waals surface area contributed by atoms with Crippen molar-refractivity contribution < 1.29 is 13.9 Å². The summed E-state index contributed by atoms with van der Waals surface area (Å²) in [6, 6.07) is 19.2. The fourth-order valence-corrected chi connectivity index (χ4v) is 2.98.